The van der Waals surface area contributed by atoms with Gasteiger partial charge in [0.1, 0.15) is 0 Å². The third-order valence-electron chi connectivity index (χ3n) is 2.38. The van der Waals surface area contributed by atoms with Crippen LogP contribution < -0.4 is 0 Å². The summed E-state index contributed by atoms with van der Waals surface area (Å²) < 4.78 is 0. The van der Waals surface area contributed by atoms with E-state index >= 15 is 0 Å². The minimum absolute atomic E-state index is 0.0325. The van der Waals surface area contributed by atoms with Gasteiger partial charge in [-0.15, -0.1) is 0 Å². The molecule has 0 fully saturated rings. The molecule has 0 rings (SSSR count). The molecule has 0 saturated carbocycles. The zero-order valence-corrected chi connectivity index (χ0v) is 9.08. The van der Waals surface area contributed by atoms with Gasteiger partial charge in [0, 0.05) is 13.5 Å². The van der Waals surface area contributed by atoms with Gasteiger partial charge in [-0.2, -0.15) is 0 Å². The molecular weight excluding hydrogens is 166 g/mol. The third-order valence-corrected chi connectivity index (χ3v) is 2.38. The van der Waals surface area contributed by atoms with Crippen LogP contribution >= 0.6 is 0 Å². The smallest absolute Gasteiger partial charge is 0.219 e. The van der Waals surface area contributed by atoms with Crippen LogP contribution in [-0.2, 0) is 4.79 Å². The zero-order chi connectivity index (χ0) is 10.4. The van der Waals surface area contributed by atoms with Crippen molar-refractivity contribution in [3.63, 3.8) is 0 Å². The molecule has 2 atom stereocenters. The van der Waals surface area contributed by atoms with E-state index in [9.17, 15) is 9.90 Å². The minimum atomic E-state index is -0.395. The molecule has 78 valence electrons. The number of aliphatic hydroxyl groups is 1. The first-order chi connectivity index (χ1) is 6.04. The van der Waals surface area contributed by atoms with Crippen molar-refractivity contribution >= 4 is 5.91 Å². The molecule has 0 heterocycles. The molecule has 0 aliphatic rings. The van der Waals surface area contributed by atoms with Crippen LogP contribution in [0, 0.1) is 0 Å². The highest BCUT2D eigenvalue weighted by Gasteiger charge is 2.21. The molecule has 0 aliphatic heterocycles. The summed E-state index contributed by atoms with van der Waals surface area (Å²) in [5.74, 6) is 0.0325. The van der Waals surface area contributed by atoms with Gasteiger partial charge in [-0.1, -0.05) is 13.3 Å². The Morgan fingerprint density at radius 1 is 1.46 bits per heavy atom. The first-order valence-electron chi connectivity index (χ1n) is 4.99. The molecule has 0 radical (unpaired) electrons. The minimum Gasteiger partial charge on any atom is -0.391 e. The van der Waals surface area contributed by atoms with E-state index in [1.807, 2.05) is 20.8 Å². The number of carbonyl (C=O) groups excluding carboxylic acids is 1. The van der Waals surface area contributed by atoms with E-state index in [1.165, 1.54) is 0 Å². The van der Waals surface area contributed by atoms with Crippen LogP contribution in [0.1, 0.15) is 40.5 Å². The first kappa shape index (κ1) is 12.4. The highest BCUT2D eigenvalue weighted by atomic mass is 16.3. The Balaban J connectivity index is 4.18. The van der Waals surface area contributed by atoms with Crippen LogP contribution in [0.25, 0.3) is 0 Å². The van der Waals surface area contributed by atoms with Gasteiger partial charge in [-0.05, 0) is 20.3 Å². The Labute approximate surface area is 80.7 Å². The molecule has 3 nitrogen and oxygen atoms in total. The maximum Gasteiger partial charge on any atom is 0.219 e. The topological polar surface area (TPSA) is 40.5 Å². The Hall–Kier alpha value is -0.570. The number of hydrogen-bond acceptors (Lipinski definition) is 2. The van der Waals surface area contributed by atoms with E-state index in [4.69, 9.17) is 0 Å². The molecule has 1 unspecified atom stereocenters. The predicted octanol–water partition coefficient (Wildman–Crippen LogP) is 1.40. The van der Waals surface area contributed by atoms with Crippen LogP contribution in [0.4, 0.5) is 0 Å². The summed E-state index contributed by atoms with van der Waals surface area (Å²) in [6, 6.07) is -0.0672. The molecule has 0 saturated heterocycles. The summed E-state index contributed by atoms with van der Waals surface area (Å²) in [5, 5.41) is 9.67. The fourth-order valence-corrected chi connectivity index (χ4v) is 1.54. The van der Waals surface area contributed by atoms with E-state index in [0.717, 1.165) is 12.8 Å². The summed E-state index contributed by atoms with van der Waals surface area (Å²) in [7, 11) is 0. The molecule has 1 amide bonds. The Bertz CT molecular complexity index is 159. The van der Waals surface area contributed by atoms with Crippen LogP contribution in [0.5, 0.6) is 0 Å². The van der Waals surface area contributed by atoms with Gasteiger partial charge in [-0.25, -0.2) is 0 Å². The quantitative estimate of drug-likeness (QED) is 0.707. The van der Waals surface area contributed by atoms with Gasteiger partial charge < -0.3 is 10.0 Å². The number of aliphatic hydroxyl groups excluding tert-OH is 1. The Morgan fingerprint density at radius 2 is 2.00 bits per heavy atom. The molecule has 0 aromatic carbocycles. The summed E-state index contributed by atoms with van der Waals surface area (Å²) in [6.07, 6.45) is 1.31. The van der Waals surface area contributed by atoms with Gasteiger partial charge in [-0.3, -0.25) is 4.79 Å². The highest BCUT2D eigenvalue weighted by Crippen LogP contribution is 2.09. The van der Waals surface area contributed by atoms with Crippen LogP contribution in [0.2, 0.25) is 0 Å². The van der Waals surface area contributed by atoms with Crippen molar-refractivity contribution < 1.29 is 9.90 Å². The monoisotopic (exact) mass is 187 g/mol. The van der Waals surface area contributed by atoms with E-state index in [0.29, 0.717) is 6.54 Å². The molecule has 3 heteroatoms. The van der Waals surface area contributed by atoms with Crippen molar-refractivity contribution in [1.29, 1.82) is 0 Å². The summed E-state index contributed by atoms with van der Waals surface area (Å²) in [6.45, 7) is 8.05. The second kappa shape index (κ2) is 5.97. The Morgan fingerprint density at radius 3 is 2.31 bits per heavy atom. The lowest BCUT2D eigenvalue weighted by molar-refractivity contribution is -0.133. The van der Waals surface area contributed by atoms with E-state index < -0.39 is 6.10 Å². The van der Waals surface area contributed by atoms with E-state index in [1.54, 1.807) is 11.8 Å². The number of rotatable bonds is 5. The van der Waals surface area contributed by atoms with Crippen molar-refractivity contribution in [2.24, 2.45) is 0 Å². The molecule has 0 aromatic heterocycles. The lowest BCUT2D eigenvalue weighted by Crippen LogP contribution is -2.44. The average molecular weight is 187 g/mol. The SMILES string of the molecule is CCCC(O)[C@H](C)N(CC)C(C)=O. The van der Waals surface area contributed by atoms with Crippen LogP contribution in [0.3, 0.4) is 0 Å². The maximum absolute atomic E-state index is 11.1. The van der Waals surface area contributed by atoms with Gasteiger partial charge in [0.2, 0.25) is 5.91 Å². The zero-order valence-electron chi connectivity index (χ0n) is 9.08. The summed E-state index contributed by atoms with van der Waals surface area (Å²) in [4.78, 5) is 12.8. The number of hydrogen-bond donors (Lipinski definition) is 1. The van der Waals surface area contributed by atoms with Gasteiger partial charge in [0.15, 0.2) is 0 Å². The number of nitrogens with zero attached hydrogens (tertiary/aromatic N) is 1. The maximum atomic E-state index is 11.1. The van der Waals surface area contributed by atoms with Gasteiger partial charge in [0.05, 0.1) is 12.1 Å². The molecule has 0 aromatic rings. The summed E-state index contributed by atoms with van der Waals surface area (Å²) in [5.41, 5.74) is 0. The predicted molar refractivity (Wildman–Crippen MR) is 53.4 cm³/mol. The second-order valence-electron chi connectivity index (χ2n) is 3.40. The van der Waals surface area contributed by atoms with Crippen LogP contribution in [0.15, 0.2) is 0 Å². The van der Waals surface area contributed by atoms with Gasteiger partial charge >= 0.3 is 0 Å². The highest BCUT2D eigenvalue weighted by molar-refractivity contribution is 5.73. The molecule has 0 aliphatic carbocycles. The van der Waals surface area contributed by atoms with E-state index in [2.05, 4.69) is 0 Å². The van der Waals surface area contributed by atoms with Crippen molar-refractivity contribution in [2.45, 2.75) is 52.7 Å². The molecule has 13 heavy (non-hydrogen) atoms. The standard InChI is InChI=1S/C10H21NO2/c1-5-7-10(13)8(3)11(6-2)9(4)12/h8,10,13H,5-7H2,1-4H3/t8-,10?/m0/s1. The first-order valence-corrected chi connectivity index (χ1v) is 4.99. The van der Waals surface area contributed by atoms with Gasteiger partial charge in [0.25, 0.3) is 0 Å². The number of likely N-dealkylation sites (N-methyl/N-ethyl adjacent to an activating group) is 1. The third kappa shape index (κ3) is 3.77. The molecule has 0 bridgehead atoms. The van der Waals surface area contributed by atoms with Crippen molar-refractivity contribution in [3.05, 3.63) is 0 Å². The van der Waals surface area contributed by atoms with Crippen molar-refractivity contribution in [3.8, 4) is 0 Å². The molecular formula is C10H21NO2. The van der Waals surface area contributed by atoms with Crippen molar-refractivity contribution in [2.75, 3.05) is 6.54 Å². The summed E-state index contributed by atoms with van der Waals surface area (Å²) >= 11 is 0. The molecule has 0 spiro atoms. The number of carbonyl (C=O) groups is 1. The lowest BCUT2D eigenvalue weighted by atomic mass is 10.1. The fraction of sp³-hybridized carbons (Fsp3) is 0.900. The van der Waals surface area contributed by atoms with Crippen molar-refractivity contribution in [1.82, 2.24) is 4.90 Å². The number of amides is 1. The largest absolute Gasteiger partial charge is 0.391 e. The van der Waals surface area contributed by atoms with E-state index in [-0.39, 0.29) is 11.9 Å². The second-order valence-corrected chi connectivity index (χ2v) is 3.40. The van der Waals surface area contributed by atoms with Crippen LogP contribution in [-0.4, -0.2) is 34.6 Å². The fourth-order valence-electron chi connectivity index (χ4n) is 1.54. The lowest BCUT2D eigenvalue weighted by Gasteiger charge is -2.30. The Kier molecular flexibility index (Phi) is 5.71. The average Bonchev–Trinajstić information content (AvgIpc) is 2.05. The molecule has 1 N–H and O–H groups in total. The normalized spacial score (nSPS) is 15.2.